The third-order valence-corrected chi connectivity index (χ3v) is 3.76. The van der Waals surface area contributed by atoms with Gasteiger partial charge in [-0.05, 0) is 37.1 Å². The Hall–Kier alpha value is -0.770. The van der Waals surface area contributed by atoms with E-state index in [1.54, 1.807) is 7.11 Å². The van der Waals surface area contributed by atoms with E-state index in [2.05, 4.69) is 5.32 Å². The first kappa shape index (κ1) is 12.7. The molecule has 0 bridgehead atoms. The molecule has 0 saturated carbocycles. The van der Waals surface area contributed by atoms with E-state index in [0.717, 1.165) is 31.5 Å². The second kappa shape index (κ2) is 5.25. The van der Waals surface area contributed by atoms with Crippen molar-refractivity contribution in [2.45, 2.75) is 12.8 Å². The van der Waals surface area contributed by atoms with Gasteiger partial charge in [0.1, 0.15) is 5.75 Å². The summed E-state index contributed by atoms with van der Waals surface area (Å²) in [5, 5.41) is 13.5. The fourth-order valence-electron chi connectivity index (χ4n) is 2.39. The topological polar surface area (TPSA) is 41.5 Å². The van der Waals surface area contributed by atoms with E-state index in [4.69, 9.17) is 16.3 Å². The smallest absolute Gasteiger partial charge is 0.137 e. The van der Waals surface area contributed by atoms with Crippen molar-refractivity contribution in [1.82, 2.24) is 5.32 Å². The molecule has 1 saturated heterocycles. The number of nitrogens with one attached hydrogen (secondary N) is 1. The van der Waals surface area contributed by atoms with Crippen LogP contribution in [0.4, 0.5) is 0 Å². The average Bonchev–Trinajstić information content (AvgIpc) is 2.79. The van der Waals surface area contributed by atoms with Crippen molar-refractivity contribution < 1.29 is 9.84 Å². The second-order valence-corrected chi connectivity index (χ2v) is 5.14. The summed E-state index contributed by atoms with van der Waals surface area (Å²) in [5.74, 6) is 0.693. The average molecular weight is 256 g/mol. The van der Waals surface area contributed by atoms with Gasteiger partial charge in [0.25, 0.3) is 0 Å². The van der Waals surface area contributed by atoms with Gasteiger partial charge >= 0.3 is 0 Å². The lowest BCUT2D eigenvalue weighted by Crippen LogP contribution is -2.30. The fourth-order valence-corrected chi connectivity index (χ4v) is 2.67. The SMILES string of the molecule is COc1ccc(CC2(CO)CCNC2)cc1Cl. The molecule has 2 N–H and O–H groups in total. The van der Waals surface area contributed by atoms with Gasteiger partial charge in [0, 0.05) is 12.0 Å². The minimum atomic E-state index is -0.0298. The molecular weight excluding hydrogens is 238 g/mol. The van der Waals surface area contributed by atoms with Gasteiger partial charge in [0.15, 0.2) is 0 Å². The lowest BCUT2D eigenvalue weighted by atomic mass is 9.81. The number of ether oxygens (including phenoxy) is 1. The largest absolute Gasteiger partial charge is 0.495 e. The van der Waals surface area contributed by atoms with Crippen LogP contribution in [0.15, 0.2) is 18.2 Å². The summed E-state index contributed by atoms with van der Waals surface area (Å²) in [4.78, 5) is 0. The lowest BCUT2D eigenvalue weighted by Gasteiger charge is -2.25. The van der Waals surface area contributed by atoms with Gasteiger partial charge < -0.3 is 15.2 Å². The molecule has 0 aliphatic carbocycles. The van der Waals surface area contributed by atoms with Crippen LogP contribution in [0.2, 0.25) is 5.02 Å². The van der Waals surface area contributed by atoms with Gasteiger partial charge in [-0.3, -0.25) is 0 Å². The number of benzene rings is 1. The number of aliphatic hydroxyl groups excluding tert-OH is 1. The molecule has 0 amide bonds. The van der Waals surface area contributed by atoms with Crippen LogP contribution in [0.5, 0.6) is 5.75 Å². The standard InChI is InChI=1S/C13H18ClNO2/c1-17-12-3-2-10(6-11(12)14)7-13(9-16)4-5-15-8-13/h2-3,6,15-16H,4-5,7-9H2,1H3. The maximum Gasteiger partial charge on any atom is 0.137 e. The summed E-state index contributed by atoms with van der Waals surface area (Å²) in [6.07, 6.45) is 1.85. The molecule has 0 aromatic heterocycles. The summed E-state index contributed by atoms with van der Waals surface area (Å²) in [7, 11) is 1.61. The maximum atomic E-state index is 9.55. The lowest BCUT2D eigenvalue weighted by molar-refractivity contribution is 0.143. The van der Waals surface area contributed by atoms with Gasteiger partial charge in [-0.25, -0.2) is 0 Å². The molecule has 0 radical (unpaired) electrons. The Balaban J connectivity index is 2.15. The number of halogens is 1. The maximum absolute atomic E-state index is 9.55. The third-order valence-electron chi connectivity index (χ3n) is 3.46. The van der Waals surface area contributed by atoms with Crippen LogP contribution >= 0.6 is 11.6 Å². The number of hydrogen-bond donors (Lipinski definition) is 2. The van der Waals surface area contributed by atoms with Crippen molar-refractivity contribution in [3.63, 3.8) is 0 Å². The summed E-state index contributed by atoms with van der Waals surface area (Å²) in [5.41, 5.74) is 1.12. The molecule has 4 heteroatoms. The molecule has 1 fully saturated rings. The number of aliphatic hydroxyl groups is 1. The van der Waals surface area contributed by atoms with Crippen LogP contribution in [0, 0.1) is 5.41 Å². The van der Waals surface area contributed by atoms with E-state index in [1.165, 1.54) is 0 Å². The second-order valence-electron chi connectivity index (χ2n) is 4.73. The molecule has 1 aromatic carbocycles. The van der Waals surface area contributed by atoms with Gasteiger partial charge in [-0.2, -0.15) is 0 Å². The fraction of sp³-hybridized carbons (Fsp3) is 0.538. The number of rotatable bonds is 4. The van der Waals surface area contributed by atoms with Crippen LogP contribution in [-0.4, -0.2) is 31.9 Å². The Labute approximate surface area is 107 Å². The van der Waals surface area contributed by atoms with Crippen molar-refractivity contribution in [2.24, 2.45) is 5.41 Å². The molecule has 2 rings (SSSR count). The molecule has 1 heterocycles. The molecule has 17 heavy (non-hydrogen) atoms. The third kappa shape index (κ3) is 2.73. The highest BCUT2D eigenvalue weighted by Crippen LogP contribution is 2.32. The first-order valence-electron chi connectivity index (χ1n) is 5.83. The molecular formula is C13H18ClNO2. The predicted octanol–water partition coefficient (Wildman–Crippen LogP) is 1.86. The molecule has 1 unspecified atom stereocenters. The first-order valence-corrected chi connectivity index (χ1v) is 6.21. The number of hydrogen-bond acceptors (Lipinski definition) is 3. The molecule has 1 aliphatic heterocycles. The molecule has 1 atom stereocenters. The molecule has 0 spiro atoms. The van der Waals surface area contributed by atoms with Gasteiger partial charge in [0.05, 0.1) is 18.7 Å². The van der Waals surface area contributed by atoms with Gasteiger partial charge in [-0.1, -0.05) is 17.7 Å². The number of methoxy groups -OCH3 is 1. The van der Waals surface area contributed by atoms with Gasteiger partial charge in [-0.15, -0.1) is 0 Å². The van der Waals surface area contributed by atoms with E-state index >= 15 is 0 Å². The van der Waals surface area contributed by atoms with Crippen molar-refractivity contribution in [3.05, 3.63) is 28.8 Å². The van der Waals surface area contributed by atoms with Crippen molar-refractivity contribution in [2.75, 3.05) is 26.8 Å². The Bertz CT molecular complexity index is 389. The Kier molecular flexibility index (Phi) is 3.92. The minimum absolute atomic E-state index is 0.0298. The zero-order valence-electron chi connectivity index (χ0n) is 10.0. The molecule has 94 valence electrons. The van der Waals surface area contributed by atoms with E-state index in [1.807, 2.05) is 18.2 Å². The van der Waals surface area contributed by atoms with Crippen LogP contribution in [-0.2, 0) is 6.42 Å². The van der Waals surface area contributed by atoms with Crippen molar-refractivity contribution in [1.29, 1.82) is 0 Å². The highest BCUT2D eigenvalue weighted by Gasteiger charge is 2.33. The van der Waals surface area contributed by atoms with E-state index in [9.17, 15) is 5.11 Å². The normalized spacial score (nSPS) is 23.9. The van der Waals surface area contributed by atoms with Crippen LogP contribution in [0.25, 0.3) is 0 Å². The molecule has 1 aliphatic rings. The van der Waals surface area contributed by atoms with Crippen LogP contribution < -0.4 is 10.1 Å². The Morgan fingerprint density at radius 3 is 2.88 bits per heavy atom. The highest BCUT2D eigenvalue weighted by molar-refractivity contribution is 6.32. The monoisotopic (exact) mass is 255 g/mol. The quantitative estimate of drug-likeness (QED) is 0.863. The molecule has 3 nitrogen and oxygen atoms in total. The molecule has 1 aromatic rings. The highest BCUT2D eigenvalue weighted by atomic mass is 35.5. The Morgan fingerprint density at radius 1 is 1.53 bits per heavy atom. The van der Waals surface area contributed by atoms with Crippen LogP contribution in [0.1, 0.15) is 12.0 Å². The van der Waals surface area contributed by atoms with Crippen molar-refractivity contribution >= 4 is 11.6 Å². The summed E-state index contributed by atoms with van der Waals surface area (Å²) >= 11 is 6.10. The summed E-state index contributed by atoms with van der Waals surface area (Å²) in [6.45, 7) is 2.06. The minimum Gasteiger partial charge on any atom is -0.495 e. The van der Waals surface area contributed by atoms with Crippen LogP contribution in [0.3, 0.4) is 0 Å². The first-order chi connectivity index (χ1) is 8.19. The van der Waals surface area contributed by atoms with E-state index < -0.39 is 0 Å². The van der Waals surface area contributed by atoms with Gasteiger partial charge in [0.2, 0.25) is 0 Å². The van der Waals surface area contributed by atoms with E-state index in [0.29, 0.717) is 10.8 Å². The summed E-state index contributed by atoms with van der Waals surface area (Å²) < 4.78 is 5.13. The zero-order valence-corrected chi connectivity index (χ0v) is 10.8. The van der Waals surface area contributed by atoms with E-state index in [-0.39, 0.29) is 12.0 Å². The Morgan fingerprint density at radius 2 is 2.35 bits per heavy atom. The zero-order chi connectivity index (χ0) is 12.3. The predicted molar refractivity (Wildman–Crippen MR) is 68.7 cm³/mol. The summed E-state index contributed by atoms with van der Waals surface area (Å²) in [6, 6.07) is 5.82. The van der Waals surface area contributed by atoms with Crippen molar-refractivity contribution in [3.8, 4) is 5.75 Å².